The van der Waals surface area contributed by atoms with Gasteiger partial charge in [0.05, 0.1) is 0 Å². The molecule has 0 heterocycles. The second-order valence-electron chi connectivity index (χ2n) is 0.408. The average molecular weight is 301 g/mol. The van der Waals surface area contributed by atoms with E-state index in [9.17, 15) is 0 Å². The molecule has 0 rings (SSSR count). The fraction of sp³-hybridized carbons (Fsp3) is 0. The molecule has 0 aromatic carbocycles. The van der Waals surface area contributed by atoms with Crippen molar-refractivity contribution in [2.45, 2.75) is 0 Å². The van der Waals surface area contributed by atoms with E-state index >= 15 is 0 Å². The maximum Gasteiger partial charge on any atom is 1.00 e. The Balaban J connectivity index is -0.0000000800. The summed E-state index contributed by atoms with van der Waals surface area (Å²) in [5, 5.41) is 0. The van der Waals surface area contributed by atoms with E-state index in [-0.39, 0.29) is 28.7 Å². The summed E-state index contributed by atoms with van der Waals surface area (Å²) in [4.78, 5) is 0. The second kappa shape index (κ2) is 2.88. The van der Waals surface area contributed by atoms with Crippen LogP contribution in [0, 0.1) is 0 Å². The van der Waals surface area contributed by atoms with Crippen LogP contribution in [0.25, 0.3) is 0 Å². The molecular formula is HO4STl. The van der Waals surface area contributed by atoms with Crippen LogP contribution in [0.2, 0.25) is 0 Å². The summed E-state index contributed by atoms with van der Waals surface area (Å²) >= 11 is 0. The van der Waals surface area contributed by atoms with Crippen LogP contribution < -0.4 is 0 Å². The molecule has 0 radical (unpaired) electrons. The van der Waals surface area contributed by atoms with Crippen molar-refractivity contribution in [1.82, 2.24) is 0 Å². The SMILES string of the molecule is O=S(=O)([O-])[O-].[H+].[Tl+]. The van der Waals surface area contributed by atoms with Crippen LogP contribution in [-0.2, 0) is 10.4 Å². The normalized spacial score (nSPS) is 9.67. The number of hydrogen-bond donors (Lipinski definition) is 0. The molecule has 0 unspecified atom stereocenters. The Morgan fingerprint density at radius 3 is 1.33 bits per heavy atom. The van der Waals surface area contributed by atoms with Gasteiger partial charge in [-0.1, -0.05) is 0 Å². The summed E-state index contributed by atoms with van der Waals surface area (Å²) < 4.78 is 34.1. The Bertz CT molecular complexity index is 94.9. The maximum absolute atomic E-state index is 8.52. The largest absolute Gasteiger partial charge is 1.00 e. The summed E-state index contributed by atoms with van der Waals surface area (Å²) in [6.07, 6.45) is 0. The van der Waals surface area contributed by atoms with Gasteiger partial charge in [0.25, 0.3) is 0 Å². The fourth-order valence-corrected chi connectivity index (χ4v) is 0. The van der Waals surface area contributed by atoms with Gasteiger partial charge in [-0.05, 0) is 0 Å². The zero-order valence-corrected chi connectivity index (χ0v) is 7.92. The Hall–Kier alpha value is 0.792. The molecule has 0 spiro atoms. The zero-order chi connectivity index (χ0) is 4.50. The van der Waals surface area contributed by atoms with Crippen LogP contribution in [-0.4, -0.2) is 44.8 Å². The van der Waals surface area contributed by atoms with Gasteiger partial charge in [0, 0.05) is 10.4 Å². The minimum absolute atomic E-state index is 0. The van der Waals surface area contributed by atoms with Crippen molar-refractivity contribution >= 4 is 37.7 Å². The van der Waals surface area contributed by atoms with Gasteiger partial charge >= 0.3 is 28.7 Å². The van der Waals surface area contributed by atoms with Crippen LogP contribution in [0.15, 0.2) is 0 Å². The predicted molar refractivity (Wildman–Crippen MR) is 17.3 cm³/mol. The molecule has 34 valence electrons. The summed E-state index contributed by atoms with van der Waals surface area (Å²) in [5.74, 6) is 0. The van der Waals surface area contributed by atoms with Gasteiger partial charge in [0.1, 0.15) is 0 Å². The van der Waals surface area contributed by atoms with Gasteiger partial charge < -0.3 is 9.11 Å². The van der Waals surface area contributed by atoms with E-state index in [1.54, 1.807) is 0 Å². The molecule has 0 aliphatic rings. The molecule has 0 aromatic rings. The fourth-order valence-electron chi connectivity index (χ4n) is 0. The first-order chi connectivity index (χ1) is 2.00. The second-order valence-corrected chi connectivity index (χ2v) is 1.22. The standard InChI is InChI=1S/H2O4S.Tl/c1-5(2,3)4;/h(H2,1,2,3,4);/q;+1/p-1. The smallest absolute Gasteiger partial charge is 0.759 e. The van der Waals surface area contributed by atoms with Crippen LogP contribution in [0.1, 0.15) is 1.43 Å². The van der Waals surface area contributed by atoms with Gasteiger partial charge in [0.15, 0.2) is 0 Å². The molecule has 0 saturated heterocycles. The number of hydrogen-bond acceptors (Lipinski definition) is 4. The van der Waals surface area contributed by atoms with Crippen molar-refractivity contribution in [3.63, 3.8) is 0 Å². The topological polar surface area (TPSA) is 80.3 Å². The van der Waals surface area contributed by atoms with Gasteiger partial charge in [-0.15, -0.1) is 0 Å². The summed E-state index contributed by atoms with van der Waals surface area (Å²) in [6, 6.07) is 0. The molecule has 0 saturated carbocycles. The quantitative estimate of drug-likeness (QED) is 0.306. The third-order valence-corrected chi connectivity index (χ3v) is 0. The number of rotatable bonds is 0. The zero-order valence-electron chi connectivity index (χ0n) is 3.62. The first-order valence-corrected chi connectivity index (χ1v) is 2.00. The van der Waals surface area contributed by atoms with E-state index in [4.69, 9.17) is 17.5 Å². The van der Waals surface area contributed by atoms with E-state index in [2.05, 4.69) is 0 Å². The van der Waals surface area contributed by atoms with Crippen molar-refractivity contribution in [3.8, 4) is 0 Å². The molecule has 0 aliphatic heterocycles. The third kappa shape index (κ3) is 110. The molecular weight excluding hydrogens is 300 g/mol. The molecule has 0 fully saturated rings. The maximum atomic E-state index is 8.52. The van der Waals surface area contributed by atoms with Gasteiger partial charge in [-0.3, -0.25) is 8.42 Å². The Labute approximate surface area is 56.8 Å². The molecule has 0 aromatic heterocycles. The minimum atomic E-state index is -5.17. The predicted octanol–water partition coefficient (Wildman–Crippen LogP) is -1.61. The van der Waals surface area contributed by atoms with Crippen molar-refractivity contribution in [2.24, 2.45) is 0 Å². The Morgan fingerprint density at radius 2 is 1.33 bits per heavy atom. The Kier molecular flexibility index (Phi) is 4.77. The van der Waals surface area contributed by atoms with Crippen molar-refractivity contribution < 1.29 is 18.9 Å². The Morgan fingerprint density at radius 1 is 1.33 bits per heavy atom. The third-order valence-electron chi connectivity index (χ3n) is 0. The first-order valence-electron chi connectivity index (χ1n) is 0.667. The van der Waals surface area contributed by atoms with E-state index in [1.165, 1.54) is 0 Å². The van der Waals surface area contributed by atoms with E-state index in [1.807, 2.05) is 0 Å². The minimum Gasteiger partial charge on any atom is -0.759 e. The monoisotopic (exact) mass is 302 g/mol. The summed E-state index contributed by atoms with van der Waals surface area (Å²) in [6.45, 7) is 0. The molecule has 0 N–H and O–H groups in total. The van der Waals surface area contributed by atoms with Crippen molar-refractivity contribution in [3.05, 3.63) is 0 Å². The van der Waals surface area contributed by atoms with Crippen LogP contribution >= 0.6 is 0 Å². The molecule has 0 atom stereocenters. The summed E-state index contributed by atoms with van der Waals surface area (Å²) in [5.41, 5.74) is 0. The van der Waals surface area contributed by atoms with E-state index in [0.717, 1.165) is 0 Å². The molecule has 4 nitrogen and oxygen atoms in total. The van der Waals surface area contributed by atoms with Crippen molar-refractivity contribution in [2.75, 3.05) is 0 Å². The van der Waals surface area contributed by atoms with Crippen molar-refractivity contribution in [1.29, 1.82) is 0 Å². The summed E-state index contributed by atoms with van der Waals surface area (Å²) in [7, 11) is -5.17. The average Bonchev–Trinajstić information content (AvgIpc) is 0.722. The van der Waals surface area contributed by atoms with Crippen LogP contribution in [0.4, 0.5) is 0 Å². The molecule has 0 amide bonds. The molecule has 6 heavy (non-hydrogen) atoms. The van der Waals surface area contributed by atoms with Gasteiger partial charge in [0.2, 0.25) is 0 Å². The van der Waals surface area contributed by atoms with E-state index < -0.39 is 10.4 Å². The van der Waals surface area contributed by atoms with E-state index in [0.29, 0.717) is 0 Å². The first kappa shape index (κ1) is 9.92. The van der Waals surface area contributed by atoms with Gasteiger partial charge in [-0.25, -0.2) is 0 Å². The molecule has 0 bridgehead atoms. The molecule has 0 aliphatic carbocycles. The molecule has 6 heteroatoms. The van der Waals surface area contributed by atoms with Crippen LogP contribution in [0.5, 0.6) is 0 Å². The van der Waals surface area contributed by atoms with Gasteiger partial charge in [-0.2, -0.15) is 0 Å². The van der Waals surface area contributed by atoms with Crippen LogP contribution in [0.3, 0.4) is 0 Å².